The summed E-state index contributed by atoms with van der Waals surface area (Å²) in [4.78, 5) is 0. The quantitative estimate of drug-likeness (QED) is 0.440. The maximum Gasteiger partial charge on any atom is 4.00 e. The van der Waals surface area contributed by atoms with Gasteiger partial charge in [-0.25, -0.2) is 0 Å². The van der Waals surface area contributed by atoms with Crippen LogP contribution in [0.1, 0.15) is 0 Å². The molecule has 0 aliphatic carbocycles. The molecule has 4 heavy (non-hydrogen) atoms. The monoisotopic (exact) mass is 230 g/mol. The first kappa shape index (κ1) is 59.2. The van der Waals surface area contributed by atoms with Crippen LogP contribution in [0, 0.1) is 0 Å². The van der Waals surface area contributed by atoms with Gasteiger partial charge in [0.15, 0.2) is 0 Å². The summed E-state index contributed by atoms with van der Waals surface area (Å²) in [5, 5.41) is 0. The van der Waals surface area contributed by atoms with Crippen LogP contribution in [0.5, 0.6) is 0 Å². The molecule has 0 rings (SSSR count). The van der Waals surface area contributed by atoms with E-state index in [0.29, 0.717) is 0 Å². The molecule has 2 nitrogen and oxygen atoms in total. The van der Waals surface area contributed by atoms with Crippen molar-refractivity contribution in [3.05, 3.63) is 0 Å². The Balaban J connectivity index is 0. The zero-order chi connectivity index (χ0) is 0. The van der Waals surface area contributed by atoms with Gasteiger partial charge in [0.05, 0.1) is 0 Å². The van der Waals surface area contributed by atoms with E-state index in [1.165, 1.54) is 0 Å². The van der Waals surface area contributed by atoms with E-state index in [-0.39, 0.29) is 52.8 Å². The van der Waals surface area contributed by atoms with Gasteiger partial charge in [-0.15, -0.1) is 0 Å². The third-order valence-electron chi connectivity index (χ3n) is 0. The average molecular weight is 229 g/mol. The first-order valence-corrected chi connectivity index (χ1v) is 0. The fourth-order valence-electron chi connectivity index (χ4n) is 0. The predicted octanol–water partition coefficient (Wildman–Crippen LogP) is -1.80. The molecule has 1 unspecified atom stereocenters. The molecule has 1 atom stereocenters. The largest absolute Gasteiger partial charge is 4.00 e. The molecule has 0 spiro atoms. The molecule has 4 heteroatoms. The van der Waals surface area contributed by atoms with Gasteiger partial charge in [-0.2, -0.15) is 0 Å². The number of hydrogen-bond acceptors (Lipinski definition) is 0. The summed E-state index contributed by atoms with van der Waals surface area (Å²) >= 11 is 0. The van der Waals surface area contributed by atoms with Crippen molar-refractivity contribution in [1.82, 2.24) is 0 Å². The van der Waals surface area contributed by atoms with Gasteiger partial charge in [-0.05, 0) is 0 Å². The summed E-state index contributed by atoms with van der Waals surface area (Å²) in [6, 6.07) is 0. The molecule has 0 N–H and O–H groups in total. The van der Waals surface area contributed by atoms with Crippen molar-refractivity contribution in [3.8, 4) is 0 Å². The van der Waals surface area contributed by atoms with E-state index in [1.807, 2.05) is 0 Å². The van der Waals surface area contributed by atoms with E-state index in [9.17, 15) is 0 Å². The third-order valence-corrected chi connectivity index (χ3v) is 0. The Bertz CT molecular complexity index is 6.00. The summed E-state index contributed by atoms with van der Waals surface area (Å²) in [6.45, 7) is 0. The Morgan fingerprint density at radius 3 is 0.750 bits per heavy atom. The van der Waals surface area contributed by atoms with Crippen LogP contribution in [0.15, 0.2) is 0 Å². The van der Waals surface area contributed by atoms with Crippen LogP contribution >= 0.6 is 0 Å². The topological polar surface area (TPSA) is 57.0 Å². The predicted molar refractivity (Wildman–Crippen MR) is 17.1 cm³/mol. The van der Waals surface area contributed by atoms with Gasteiger partial charge < -0.3 is 11.0 Å². The van der Waals surface area contributed by atoms with E-state index < -0.39 is 0 Å². The summed E-state index contributed by atoms with van der Waals surface area (Å²) < 4.78 is 0. The van der Waals surface area contributed by atoms with Gasteiger partial charge in [0.25, 0.3) is 0 Å². The zero-order valence-corrected chi connectivity index (χ0v) is 7.84. The molecule has 0 aromatic rings. The molecule has 0 aromatic carbocycles. The van der Waals surface area contributed by atoms with Crippen LogP contribution in [0.25, 0.3) is 0 Å². The third kappa shape index (κ3) is 10.4. The smallest absolute Gasteiger partial charge is 2.00 e. The fourth-order valence-corrected chi connectivity index (χ4v) is 0. The summed E-state index contributed by atoms with van der Waals surface area (Å²) in [5.74, 6) is 0. The Labute approximate surface area is 52.8 Å². The minimum atomic E-state index is 0. The molecular formula is H3AsO2Sn. The molecule has 0 radical (unpaired) electrons. The second-order valence-corrected chi connectivity index (χ2v) is 0. The van der Waals surface area contributed by atoms with Crippen LogP contribution in [0.3, 0.4) is 0 Å². The van der Waals surface area contributed by atoms with E-state index in [0.717, 1.165) is 0 Å². The van der Waals surface area contributed by atoms with Crippen molar-refractivity contribution < 1.29 is 11.0 Å². The number of rotatable bonds is 0. The van der Waals surface area contributed by atoms with Gasteiger partial charge in [0, 0.05) is 0 Å². The molecule has 24 valence electrons. The van der Waals surface area contributed by atoms with Crippen LogP contribution in [-0.4, -0.2) is 41.9 Å². The van der Waals surface area contributed by atoms with Gasteiger partial charge in [-0.3, -0.25) is 0 Å². The van der Waals surface area contributed by atoms with Crippen molar-refractivity contribution in [2.75, 3.05) is 0 Å². The van der Waals surface area contributed by atoms with Crippen molar-refractivity contribution in [2.24, 2.45) is 0 Å². The average Bonchev–Trinajstić information content (AvgIpc) is 0. The summed E-state index contributed by atoms with van der Waals surface area (Å²) in [7, 11) is 0. The molecular weight excluding hydrogens is 226 g/mol. The van der Waals surface area contributed by atoms with Crippen LogP contribution in [0.2, 0.25) is 0 Å². The van der Waals surface area contributed by atoms with E-state index >= 15 is 0 Å². The normalized spacial score (nSPS) is 0. The van der Waals surface area contributed by atoms with Crippen molar-refractivity contribution in [3.63, 3.8) is 0 Å². The Morgan fingerprint density at radius 1 is 0.750 bits per heavy atom. The molecule has 0 amide bonds. The minimum Gasteiger partial charge on any atom is -2.00 e. The Kier molecular flexibility index (Phi) is 417. The second-order valence-electron chi connectivity index (χ2n) is 0. The second kappa shape index (κ2) is 28.2. The first-order chi connectivity index (χ1) is 0. The van der Waals surface area contributed by atoms with Gasteiger partial charge in [0.1, 0.15) is 0 Å². The van der Waals surface area contributed by atoms with Crippen molar-refractivity contribution in [1.29, 1.82) is 0 Å². The molecule has 0 heterocycles. The van der Waals surface area contributed by atoms with E-state index in [4.69, 9.17) is 0 Å². The van der Waals surface area contributed by atoms with Gasteiger partial charge >= 0.3 is 41.9 Å². The van der Waals surface area contributed by atoms with Gasteiger partial charge in [-0.1, -0.05) is 0 Å². The van der Waals surface area contributed by atoms with Crippen molar-refractivity contribution >= 4 is 41.9 Å². The SMILES string of the molecule is [AsH3].[O-2].[O-2].[Sn+4]. The molecule has 0 fully saturated rings. The van der Waals surface area contributed by atoms with Gasteiger partial charge in [0.2, 0.25) is 0 Å². The Hall–Kier alpha value is 1.28. The molecule has 0 saturated heterocycles. The molecule has 0 aliphatic heterocycles. The molecule has 0 bridgehead atoms. The summed E-state index contributed by atoms with van der Waals surface area (Å²) in [6.07, 6.45) is 0. The fraction of sp³-hybridized carbons (Fsp3) is 0. The van der Waals surface area contributed by atoms with E-state index in [1.54, 1.807) is 0 Å². The van der Waals surface area contributed by atoms with Crippen LogP contribution in [-0.2, 0) is 11.0 Å². The maximum atomic E-state index is 0. The standard InChI is InChI=1S/AsH3.2O.Sn/h1H3;;;/q;2*-2;+4. The van der Waals surface area contributed by atoms with Crippen LogP contribution in [0.4, 0.5) is 0 Å². The van der Waals surface area contributed by atoms with Crippen LogP contribution < -0.4 is 0 Å². The molecule has 0 saturated carbocycles. The van der Waals surface area contributed by atoms with E-state index in [2.05, 4.69) is 0 Å². The Morgan fingerprint density at radius 2 is 0.750 bits per heavy atom. The number of hydrogen-bond donors (Lipinski definition) is 0. The molecule has 0 aromatic heterocycles. The maximum absolute atomic E-state index is 0. The zero-order valence-electron chi connectivity index (χ0n) is 2.02. The molecule has 0 aliphatic rings. The first-order valence-electron chi connectivity index (χ1n) is 0. The minimum absolute atomic E-state index is 0. The summed E-state index contributed by atoms with van der Waals surface area (Å²) in [5.41, 5.74) is 0. The van der Waals surface area contributed by atoms with Crippen molar-refractivity contribution in [2.45, 2.75) is 0 Å².